The van der Waals surface area contributed by atoms with Crippen LogP contribution in [0.15, 0.2) is 48.5 Å². The van der Waals surface area contributed by atoms with E-state index in [-0.39, 0.29) is 90.1 Å². The number of benzene rings is 2. The molecule has 0 heterocycles. The minimum absolute atomic E-state index is 0.0288. The average Bonchev–Trinajstić information content (AvgIpc) is 0.740. The largest absolute Gasteiger partial charge is 0.463 e. The summed E-state index contributed by atoms with van der Waals surface area (Å²) in [5.74, 6) is 1.33. The normalized spacial score (nSPS) is 28.7. The van der Waals surface area contributed by atoms with Crippen molar-refractivity contribution in [1.82, 2.24) is 0 Å². The van der Waals surface area contributed by atoms with E-state index in [1.165, 1.54) is 26.7 Å². The fourth-order valence-corrected chi connectivity index (χ4v) is 17.8. The lowest BCUT2D eigenvalue weighted by Crippen LogP contribution is -2.60. The lowest BCUT2D eigenvalue weighted by atomic mass is 9.49. The van der Waals surface area contributed by atoms with Gasteiger partial charge in [-0.2, -0.15) is 30.5 Å². The van der Waals surface area contributed by atoms with Crippen LogP contribution in [0.2, 0.25) is 0 Å². The minimum Gasteiger partial charge on any atom is -0.463 e. The molecule has 512 valence electrons. The van der Waals surface area contributed by atoms with Crippen LogP contribution in [0.4, 0.5) is 0 Å². The summed E-state index contributed by atoms with van der Waals surface area (Å²) in [7, 11) is 0. The third-order valence-corrected chi connectivity index (χ3v) is 22.6. The van der Waals surface area contributed by atoms with E-state index < -0.39 is 80.0 Å². The molecule has 8 atom stereocenters. The third kappa shape index (κ3) is 18.7. The predicted octanol–water partition coefficient (Wildman–Crippen LogP) is 13.9. The Kier molecular flexibility index (Phi) is 25.1. The summed E-state index contributed by atoms with van der Waals surface area (Å²) in [6, 6.07) is 16.4. The van der Waals surface area contributed by atoms with Gasteiger partial charge in [0.05, 0.1) is 50.3 Å². The van der Waals surface area contributed by atoms with Crippen LogP contribution in [0.5, 0.6) is 11.5 Å². The molecule has 0 spiro atoms. The molecule has 0 aliphatic heterocycles. The summed E-state index contributed by atoms with van der Waals surface area (Å²) >= 11 is 10.0. The van der Waals surface area contributed by atoms with Crippen LogP contribution in [-0.4, -0.2) is 114 Å². The quantitative estimate of drug-likeness (QED) is 0.0123. The highest BCUT2D eigenvalue weighted by Crippen LogP contribution is 2.63. The highest BCUT2D eigenvalue weighted by Gasteiger charge is 2.61. The van der Waals surface area contributed by atoms with Crippen molar-refractivity contribution in [2.24, 2.45) is 52.8 Å². The number of nitrogens with zero attached hydrogens (tertiary/aromatic N) is 2. The molecule has 0 N–H and O–H groups in total. The van der Waals surface area contributed by atoms with E-state index in [9.17, 15) is 34.0 Å². The second kappa shape index (κ2) is 31.8. The molecule has 8 unspecified atom stereocenters. The van der Waals surface area contributed by atoms with Crippen LogP contribution < -0.4 is 9.47 Å². The minimum atomic E-state index is -1.28. The van der Waals surface area contributed by atoms with Crippen LogP contribution >= 0.6 is 25.3 Å². The van der Waals surface area contributed by atoms with E-state index in [1.807, 2.05) is 19.1 Å². The summed E-state index contributed by atoms with van der Waals surface area (Å²) in [6.07, 6.45) is 12.4. The topological polar surface area (TPSA) is 223 Å². The second-order valence-electron chi connectivity index (χ2n) is 28.9. The Morgan fingerprint density at radius 1 is 0.559 bits per heavy atom. The molecule has 8 fully saturated rings. The zero-order valence-corrected chi connectivity index (χ0v) is 58.3. The van der Waals surface area contributed by atoms with Gasteiger partial charge >= 0.3 is 35.8 Å². The van der Waals surface area contributed by atoms with E-state index >= 15 is 0 Å². The van der Waals surface area contributed by atoms with E-state index in [2.05, 4.69) is 24.8 Å². The molecule has 20 heteroatoms. The maximum Gasteiger partial charge on any atom is 0.322 e. The van der Waals surface area contributed by atoms with Gasteiger partial charge in [0, 0.05) is 33.6 Å². The number of carbonyl (C=O) groups excluding carboxylic acids is 6. The Bertz CT molecular complexity index is 2940. The van der Waals surface area contributed by atoms with Gasteiger partial charge in [0.1, 0.15) is 45.4 Å². The molecule has 2 aromatic rings. The van der Waals surface area contributed by atoms with Crippen molar-refractivity contribution in [3.05, 3.63) is 71.1 Å². The first kappa shape index (κ1) is 73.6. The molecule has 0 saturated heterocycles. The number of rotatable bonds is 36. The summed E-state index contributed by atoms with van der Waals surface area (Å²) in [6.45, 7) is 26.3. The van der Waals surface area contributed by atoms with E-state index in [4.69, 9.17) is 79.2 Å². The Hall–Kier alpha value is -5.22. The first-order valence-corrected chi connectivity index (χ1v) is 35.0. The molecule has 10 rings (SSSR count). The second-order valence-corrected chi connectivity index (χ2v) is 30.9. The van der Waals surface area contributed by atoms with Gasteiger partial charge in [0.25, 0.3) is 0 Å². The van der Waals surface area contributed by atoms with Crippen molar-refractivity contribution >= 4 is 61.1 Å². The number of esters is 6. The van der Waals surface area contributed by atoms with E-state index in [1.54, 1.807) is 71.0 Å². The van der Waals surface area contributed by atoms with Gasteiger partial charge in [0.2, 0.25) is 5.54 Å². The standard InChI is InChI=1S/C73H102N2O16S2/c1-12-72(57-34-50-32-51(36-57)37-58(72)35-50)90-66(80)70(9,92)43-56(54-14-18-61(19-15-54)88-46(3)76)42-68(7,45-74)24-22-64(78)86-30-28-84-48(5)82-26-27-83-49(6)85-29-31-87-65(79)23-25-69(8,75-11)63(55-16-20-62(21-17-55)89-47(4)77)44-71(10,93)67(81)91-73(13-2)59-38-52-33-53(40-59)41-60(73)39-52/h14-21,48-53,56-60,63,92-93H,12-13,22-44H2,1-10H3. The third-order valence-electron chi connectivity index (χ3n) is 21.9. The molecular weight excluding hydrogens is 1220 g/mol. The van der Waals surface area contributed by atoms with Gasteiger partial charge in [-0.05, 0) is 226 Å². The smallest absolute Gasteiger partial charge is 0.322 e. The lowest BCUT2D eigenvalue weighted by Gasteiger charge is -2.60. The summed E-state index contributed by atoms with van der Waals surface area (Å²) in [4.78, 5) is 82.7. The molecular formula is C73H102N2O16S2. The monoisotopic (exact) mass is 1330 g/mol. The van der Waals surface area contributed by atoms with Gasteiger partial charge in [-0.25, -0.2) is 6.57 Å². The molecule has 8 bridgehead atoms. The van der Waals surface area contributed by atoms with Crippen molar-refractivity contribution in [3.8, 4) is 17.6 Å². The zero-order chi connectivity index (χ0) is 67.5. The molecule has 8 aliphatic carbocycles. The maximum absolute atomic E-state index is 14.4. The zero-order valence-electron chi connectivity index (χ0n) is 56.5. The van der Waals surface area contributed by atoms with Gasteiger partial charge in [0.15, 0.2) is 12.6 Å². The van der Waals surface area contributed by atoms with E-state index in [0.29, 0.717) is 65.3 Å². The fourth-order valence-electron chi connectivity index (χ4n) is 17.3. The van der Waals surface area contributed by atoms with Gasteiger partial charge < -0.3 is 52.2 Å². The van der Waals surface area contributed by atoms with Crippen LogP contribution in [0.3, 0.4) is 0 Å². The molecule has 8 aliphatic rings. The first-order chi connectivity index (χ1) is 44.0. The van der Waals surface area contributed by atoms with Crippen LogP contribution in [0.1, 0.15) is 214 Å². The Morgan fingerprint density at radius 3 is 1.29 bits per heavy atom. The van der Waals surface area contributed by atoms with Crippen LogP contribution in [0.25, 0.3) is 4.85 Å². The Morgan fingerprint density at radius 2 is 0.925 bits per heavy atom. The van der Waals surface area contributed by atoms with Gasteiger partial charge in [-0.1, -0.05) is 38.1 Å². The number of hydrogen-bond donors (Lipinski definition) is 2. The van der Waals surface area contributed by atoms with Crippen molar-refractivity contribution in [1.29, 1.82) is 5.26 Å². The molecule has 93 heavy (non-hydrogen) atoms. The van der Waals surface area contributed by atoms with Crippen molar-refractivity contribution < 1.29 is 76.1 Å². The van der Waals surface area contributed by atoms with Crippen LogP contribution in [-0.2, 0) is 66.7 Å². The van der Waals surface area contributed by atoms with Crippen molar-refractivity contribution in [2.45, 2.75) is 242 Å². The molecule has 0 radical (unpaired) electrons. The summed E-state index contributed by atoms with van der Waals surface area (Å²) < 4.78 is 55.5. The highest BCUT2D eigenvalue weighted by atomic mass is 32.1. The molecule has 0 amide bonds. The van der Waals surface area contributed by atoms with Crippen molar-refractivity contribution in [2.75, 3.05) is 39.6 Å². The first-order valence-electron chi connectivity index (χ1n) is 34.1. The Balaban J connectivity index is 0.726. The lowest BCUT2D eigenvalue weighted by molar-refractivity contribution is -0.213. The van der Waals surface area contributed by atoms with E-state index in [0.717, 1.165) is 75.3 Å². The molecule has 8 saturated carbocycles. The highest BCUT2D eigenvalue weighted by molar-refractivity contribution is 7.82. The van der Waals surface area contributed by atoms with Crippen molar-refractivity contribution in [3.63, 3.8) is 0 Å². The van der Waals surface area contributed by atoms with Gasteiger partial charge in [-0.3, -0.25) is 28.8 Å². The SMILES string of the molecule is [C-]#[N+]C(C)(CCC(=O)OCCOC(C)OCCOC(C)OCCOC(=O)CCC(C)(C#N)CC(CC(C)(S)C(=O)OC1(CC)C2CC3CC(C2)CC1C3)c1ccc(OC(C)=O)cc1)C(CC(C)(S)C(=O)OC1(CC)C2CC3CC(C2)CC1C3)c1ccc(OC(C)=O)cc1. The summed E-state index contributed by atoms with van der Waals surface area (Å²) in [5, 5.41) is 10.6. The predicted molar refractivity (Wildman–Crippen MR) is 354 cm³/mol. The maximum atomic E-state index is 14.4. The number of thiol groups is 2. The Labute approximate surface area is 562 Å². The summed E-state index contributed by atoms with van der Waals surface area (Å²) in [5.41, 5.74) is -1.64. The van der Waals surface area contributed by atoms with Gasteiger partial charge in [-0.15, -0.1) is 0 Å². The fraction of sp³-hybridized carbons (Fsp3) is 0.726. The number of hydrogen-bond acceptors (Lipinski definition) is 19. The number of ether oxygens (including phenoxy) is 10. The average molecular weight is 1330 g/mol. The molecule has 18 nitrogen and oxygen atoms in total. The molecule has 0 aromatic heterocycles. The number of nitriles is 1. The molecule has 2 aromatic carbocycles. The number of carbonyl (C=O) groups is 6. The van der Waals surface area contributed by atoms with Crippen LogP contribution in [0, 0.1) is 70.7 Å².